The number of ether oxygens (including phenoxy) is 1. The zero-order valence-electron chi connectivity index (χ0n) is 9.79. The van der Waals surface area contributed by atoms with Gasteiger partial charge in [0.15, 0.2) is 0 Å². The number of benzene rings is 1. The van der Waals surface area contributed by atoms with Gasteiger partial charge in [0, 0.05) is 6.20 Å². The molecule has 2 rings (SSSR count). The average molecular weight is 263 g/mol. The van der Waals surface area contributed by atoms with Crippen molar-refractivity contribution >= 4 is 22.9 Å². The predicted octanol–water partition coefficient (Wildman–Crippen LogP) is 1.79. The molecular weight excluding hydrogens is 250 g/mol. The molecule has 0 saturated heterocycles. The fourth-order valence-corrected chi connectivity index (χ4v) is 2.25. The summed E-state index contributed by atoms with van der Waals surface area (Å²) in [6.45, 7) is 0. The van der Waals surface area contributed by atoms with Crippen molar-refractivity contribution in [2.45, 2.75) is 6.04 Å². The van der Waals surface area contributed by atoms with E-state index in [2.05, 4.69) is 10.3 Å². The smallest absolute Gasteiger partial charge is 0.245 e. The van der Waals surface area contributed by atoms with Gasteiger partial charge in [0.25, 0.3) is 0 Å². The minimum absolute atomic E-state index is 0.454. The maximum atomic E-state index is 11.5. The number of aromatic nitrogens is 1. The van der Waals surface area contributed by atoms with Crippen LogP contribution in [-0.2, 0) is 4.79 Å². The van der Waals surface area contributed by atoms with Gasteiger partial charge >= 0.3 is 0 Å². The number of nitrogens with one attached hydrogen (secondary N) is 1. The molecule has 18 heavy (non-hydrogen) atoms. The van der Waals surface area contributed by atoms with Crippen molar-refractivity contribution in [3.8, 4) is 5.75 Å². The molecule has 1 heterocycles. The Labute approximate surface area is 109 Å². The van der Waals surface area contributed by atoms with Gasteiger partial charge in [0.1, 0.15) is 11.8 Å². The monoisotopic (exact) mass is 263 g/mol. The lowest BCUT2D eigenvalue weighted by Gasteiger charge is -2.17. The van der Waals surface area contributed by atoms with E-state index in [1.807, 2.05) is 24.3 Å². The number of rotatable bonds is 5. The molecule has 1 aromatic carbocycles. The Morgan fingerprint density at radius 3 is 2.89 bits per heavy atom. The fraction of sp³-hybridized carbons (Fsp3) is 0.167. The van der Waals surface area contributed by atoms with Gasteiger partial charge in [-0.15, -0.1) is 11.3 Å². The topological polar surface area (TPSA) is 77.2 Å². The zero-order valence-corrected chi connectivity index (χ0v) is 10.6. The highest BCUT2D eigenvalue weighted by Crippen LogP contribution is 2.28. The molecule has 5 nitrogen and oxygen atoms in total. The first kappa shape index (κ1) is 12.4. The first-order valence-corrected chi connectivity index (χ1v) is 6.17. The highest BCUT2D eigenvalue weighted by Gasteiger charge is 2.20. The van der Waals surface area contributed by atoms with Gasteiger partial charge in [-0.05, 0) is 12.1 Å². The number of nitrogens with two attached hydrogens (primary N) is 1. The largest absolute Gasteiger partial charge is 0.495 e. The quantitative estimate of drug-likeness (QED) is 0.862. The van der Waals surface area contributed by atoms with Gasteiger partial charge in [0.2, 0.25) is 5.91 Å². The Bertz CT molecular complexity index is 528. The van der Waals surface area contributed by atoms with Crippen LogP contribution in [0.25, 0.3) is 0 Å². The number of hydrogen-bond acceptors (Lipinski definition) is 5. The second kappa shape index (κ2) is 5.50. The number of methoxy groups -OCH3 is 1. The molecule has 1 atom stereocenters. The number of carbonyl (C=O) groups excluding carboxylic acids is 1. The average Bonchev–Trinajstić information content (AvgIpc) is 2.89. The van der Waals surface area contributed by atoms with Crippen LogP contribution in [-0.4, -0.2) is 18.0 Å². The Hall–Kier alpha value is -2.08. The summed E-state index contributed by atoms with van der Waals surface area (Å²) in [5, 5.41) is 3.07. The van der Waals surface area contributed by atoms with E-state index in [1.54, 1.807) is 18.8 Å². The number of nitrogens with zero attached hydrogens (tertiary/aromatic N) is 1. The third-order valence-corrected chi connectivity index (χ3v) is 3.27. The zero-order chi connectivity index (χ0) is 13.0. The SMILES string of the molecule is COc1ccccc1NC(C(N)=O)c1cncs1. The molecule has 0 bridgehead atoms. The van der Waals surface area contributed by atoms with Crippen LogP contribution in [0, 0.1) is 0 Å². The van der Waals surface area contributed by atoms with E-state index >= 15 is 0 Å². The summed E-state index contributed by atoms with van der Waals surface area (Å²) in [6, 6.07) is 6.75. The molecule has 1 unspecified atom stereocenters. The van der Waals surface area contributed by atoms with Crippen LogP contribution in [0.1, 0.15) is 10.9 Å². The summed E-state index contributed by atoms with van der Waals surface area (Å²) in [7, 11) is 1.58. The Morgan fingerprint density at radius 2 is 2.28 bits per heavy atom. The lowest BCUT2D eigenvalue weighted by atomic mass is 10.2. The van der Waals surface area contributed by atoms with Crippen LogP contribution in [0.2, 0.25) is 0 Å². The lowest BCUT2D eigenvalue weighted by Crippen LogP contribution is -2.27. The molecule has 0 spiro atoms. The van der Waals surface area contributed by atoms with Crippen LogP contribution in [0.4, 0.5) is 5.69 Å². The molecule has 0 fully saturated rings. The van der Waals surface area contributed by atoms with E-state index in [9.17, 15) is 4.79 Å². The molecule has 1 amide bonds. The van der Waals surface area contributed by atoms with E-state index in [0.29, 0.717) is 5.75 Å². The summed E-state index contributed by atoms with van der Waals surface area (Å²) >= 11 is 1.38. The molecule has 0 saturated carbocycles. The van der Waals surface area contributed by atoms with Gasteiger partial charge in [0.05, 0.1) is 23.2 Å². The number of thiazole rings is 1. The number of amides is 1. The number of carbonyl (C=O) groups is 1. The molecule has 2 aromatic rings. The number of para-hydroxylation sites is 2. The minimum Gasteiger partial charge on any atom is -0.495 e. The van der Waals surface area contributed by atoms with E-state index in [4.69, 9.17) is 10.5 Å². The van der Waals surface area contributed by atoms with Gasteiger partial charge in [-0.25, -0.2) is 0 Å². The summed E-state index contributed by atoms with van der Waals surface area (Å²) in [4.78, 5) is 16.2. The Balaban J connectivity index is 2.27. The van der Waals surface area contributed by atoms with E-state index in [0.717, 1.165) is 10.6 Å². The van der Waals surface area contributed by atoms with Gasteiger partial charge in [-0.3, -0.25) is 9.78 Å². The lowest BCUT2D eigenvalue weighted by molar-refractivity contribution is -0.118. The second-order valence-corrected chi connectivity index (χ2v) is 4.50. The van der Waals surface area contributed by atoms with Crippen molar-refractivity contribution in [3.63, 3.8) is 0 Å². The summed E-state index contributed by atoms with van der Waals surface area (Å²) in [5.74, 6) is 0.207. The predicted molar refractivity (Wildman–Crippen MR) is 70.7 cm³/mol. The van der Waals surface area contributed by atoms with Crippen molar-refractivity contribution in [3.05, 3.63) is 40.8 Å². The van der Waals surface area contributed by atoms with Crippen molar-refractivity contribution in [2.75, 3.05) is 12.4 Å². The van der Waals surface area contributed by atoms with Crippen LogP contribution < -0.4 is 15.8 Å². The van der Waals surface area contributed by atoms with E-state index in [1.165, 1.54) is 11.3 Å². The molecule has 6 heteroatoms. The first-order valence-electron chi connectivity index (χ1n) is 5.29. The van der Waals surface area contributed by atoms with Gasteiger partial charge in [-0.1, -0.05) is 12.1 Å². The maximum Gasteiger partial charge on any atom is 0.245 e. The summed E-state index contributed by atoms with van der Waals surface area (Å²) in [5.41, 5.74) is 7.79. The van der Waals surface area contributed by atoms with Crippen molar-refractivity contribution in [1.82, 2.24) is 4.98 Å². The third kappa shape index (κ3) is 2.60. The van der Waals surface area contributed by atoms with Crippen LogP contribution in [0.15, 0.2) is 36.0 Å². The molecule has 0 aliphatic carbocycles. The third-order valence-electron chi connectivity index (χ3n) is 2.43. The van der Waals surface area contributed by atoms with Gasteiger partial charge < -0.3 is 15.8 Å². The summed E-state index contributed by atoms with van der Waals surface area (Å²) < 4.78 is 5.22. The molecule has 0 radical (unpaired) electrons. The molecular formula is C12H13N3O2S. The molecule has 0 aliphatic rings. The molecule has 1 aromatic heterocycles. The summed E-state index contributed by atoms with van der Waals surface area (Å²) in [6.07, 6.45) is 1.63. The van der Waals surface area contributed by atoms with Crippen molar-refractivity contribution in [1.29, 1.82) is 0 Å². The number of hydrogen-bond donors (Lipinski definition) is 2. The number of anilines is 1. The van der Waals surface area contributed by atoms with Crippen LogP contribution >= 0.6 is 11.3 Å². The van der Waals surface area contributed by atoms with Crippen molar-refractivity contribution < 1.29 is 9.53 Å². The first-order chi connectivity index (χ1) is 8.72. The minimum atomic E-state index is -0.603. The van der Waals surface area contributed by atoms with Gasteiger partial charge in [-0.2, -0.15) is 0 Å². The Morgan fingerprint density at radius 1 is 1.50 bits per heavy atom. The number of primary amides is 1. The normalized spacial score (nSPS) is 11.8. The fourth-order valence-electron chi connectivity index (χ4n) is 1.57. The van der Waals surface area contributed by atoms with Crippen LogP contribution in [0.3, 0.4) is 0 Å². The van der Waals surface area contributed by atoms with Crippen LogP contribution in [0.5, 0.6) is 5.75 Å². The van der Waals surface area contributed by atoms with E-state index < -0.39 is 11.9 Å². The standard InChI is InChI=1S/C12H13N3O2S/c1-17-9-5-3-2-4-8(9)15-11(12(13)16)10-6-14-7-18-10/h2-7,11,15H,1H3,(H2,13,16). The highest BCUT2D eigenvalue weighted by molar-refractivity contribution is 7.09. The highest BCUT2D eigenvalue weighted by atomic mass is 32.1. The molecule has 3 N–H and O–H groups in total. The van der Waals surface area contributed by atoms with Crippen molar-refractivity contribution in [2.24, 2.45) is 5.73 Å². The maximum absolute atomic E-state index is 11.5. The Kier molecular flexibility index (Phi) is 3.78. The second-order valence-electron chi connectivity index (χ2n) is 3.58. The molecule has 94 valence electrons. The molecule has 0 aliphatic heterocycles. The van der Waals surface area contributed by atoms with E-state index in [-0.39, 0.29) is 0 Å².